The highest BCUT2D eigenvalue weighted by Crippen LogP contribution is 2.33. The van der Waals surface area contributed by atoms with Gasteiger partial charge in [-0.3, -0.25) is 19.8 Å². The van der Waals surface area contributed by atoms with Gasteiger partial charge in [-0.05, 0) is 25.1 Å². The first-order valence-electron chi connectivity index (χ1n) is 10.6. The van der Waals surface area contributed by atoms with E-state index in [2.05, 4.69) is 15.2 Å². The predicted octanol–water partition coefficient (Wildman–Crippen LogP) is 4.65. The van der Waals surface area contributed by atoms with Gasteiger partial charge < -0.3 is 9.32 Å². The van der Waals surface area contributed by atoms with Crippen molar-refractivity contribution in [2.45, 2.75) is 26.6 Å². The summed E-state index contributed by atoms with van der Waals surface area (Å²) >= 11 is 1.29. The van der Waals surface area contributed by atoms with Gasteiger partial charge in [-0.25, -0.2) is 4.98 Å². The van der Waals surface area contributed by atoms with Crippen molar-refractivity contribution in [3.8, 4) is 11.3 Å². The van der Waals surface area contributed by atoms with Crippen molar-refractivity contribution in [1.82, 2.24) is 14.8 Å². The second-order valence-electron chi connectivity index (χ2n) is 8.04. The summed E-state index contributed by atoms with van der Waals surface area (Å²) in [5.74, 6) is 0.0998. The number of nitrogens with one attached hydrogen (secondary N) is 1. The molecule has 0 bridgehead atoms. The Morgan fingerprint density at radius 1 is 1.18 bits per heavy atom. The number of thiazole rings is 1. The third kappa shape index (κ3) is 5.48. The minimum Gasteiger partial charge on any atom is -0.461 e. The summed E-state index contributed by atoms with van der Waals surface area (Å²) in [5.41, 5.74) is 0.483. The third-order valence-corrected chi connectivity index (χ3v) is 6.42. The molecule has 1 aliphatic heterocycles. The van der Waals surface area contributed by atoms with Crippen LogP contribution < -0.4 is 5.32 Å². The lowest BCUT2D eigenvalue weighted by molar-refractivity contribution is -0.137. The molecule has 0 aliphatic carbocycles. The molecular weight excluding hydrogens is 469 g/mol. The average Bonchev–Trinajstić information content (AvgIpc) is 3.39. The average molecular weight is 493 g/mol. The summed E-state index contributed by atoms with van der Waals surface area (Å²) in [7, 11) is 0. The molecule has 0 spiro atoms. The Bertz CT molecular complexity index is 1200. The van der Waals surface area contributed by atoms with E-state index in [0.717, 1.165) is 30.9 Å². The van der Waals surface area contributed by atoms with Crippen molar-refractivity contribution in [2.75, 3.05) is 31.5 Å². The third-order valence-electron chi connectivity index (χ3n) is 5.61. The number of hydrogen-bond acceptors (Lipinski definition) is 6. The number of carbonyl (C=O) groups is 2. The van der Waals surface area contributed by atoms with Crippen LogP contribution in [-0.4, -0.2) is 52.8 Å². The topological polar surface area (TPSA) is 78.7 Å². The van der Waals surface area contributed by atoms with Crippen LogP contribution in [0.3, 0.4) is 0 Å². The van der Waals surface area contributed by atoms with E-state index >= 15 is 0 Å². The minimum absolute atomic E-state index is 0.0732. The van der Waals surface area contributed by atoms with Gasteiger partial charge in [0, 0.05) is 50.6 Å². The molecule has 2 amide bonds. The fourth-order valence-corrected chi connectivity index (χ4v) is 4.45. The van der Waals surface area contributed by atoms with Crippen LogP contribution in [0.25, 0.3) is 11.3 Å². The number of nitrogens with zero attached hydrogens (tertiary/aromatic N) is 3. The number of carbonyl (C=O) groups excluding carboxylic acids is 2. The Morgan fingerprint density at radius 2 is 1.91 bits per heavy atom. The molecule has 0 unspecified atom stereocenters. The lowest BCUT2D eigenvalue weighted by atomic mass is 10.1. The predicted molar refractivity (Wildman–Crippen MR) is 121 cm³/mol. The molecule has 34 heavy (non-hydrogen) atoms. The highest BCUT2D eigenvalue weighted by molar-refractivity contribution is 7.14. The molecule has 7 nitrogen and oxygen atoms in total. The van der Waals surface area contributed by atoms with Crippen molar-refractivity contribution < 1.29 is 27.2 Å². The van der Waals surface area contributed by atoms with Crippen LogP contribution in [-0.2, 0) is 17.5 Å². The molecule has 3 heterocycles. The van der Waals surface area contributed by atoms with E-state index in [1.807, 2.05) is 10.3 Å². The molecule has 1 saturated heterocycles. The number of alkyl halides is 3. The maximum absolute atomic E-state index is 13.0. The van der Waals surface area contributed by atoms with Crippen LogP contribution in [0.2, 0.25) is 0 Å². The molecule has 0 saturated carbocycles. The second-order valence-corrected chi connectivity index (χ2v) is 8.90. The molecule has 11 heteroatoms. The Morgan fingerprint density at radius 3 is 2.59 bits per heavy atom. The number of aromatic nitrogens is 1. The molecule has 1 N–H and O–H groups in total. The summed E-state index contributed by atoms with van der Waals surface area (Å²) in [5, 5.41) is 5.02. The Balaban J connectivity index is 1.40. The molecule has 4 rings (SSSR count). The Hall–Kier alpha value is -3.18. The van der Waals surface area contributed by atoms with E-state index in [-0.39, 0.29) is 22.8 Å². The van der Waals surface area contributed by atoms with Crippen molar-refractivity contribution in [1.29, 1.82) is 0 Å². The highest BCUT2D eigenvalue weighted by atomic mass is 32.1. The maximum atomic E-state index is 13.0. The molecule has 1 aliphatic rings. The smallest absolute Gasteiger partial charge is 0.416 e. The van der Waals surface area contributed by atoms with Crippen molar-refractivity contribution >= 4 is 28.3 Å². The first-order chi connectivity index (χ1) is 16.1. The lowest BCUT2D eigenvalue weighted by Crippen LogP contribution is -2.47. The van der Waals surface area contributed by atoms with E-state index in [9.17, 15) is 22.8 Å². The summed E-state index contributed by atoms with van der Waals surface area (Å²) in [6, 6.07) is 6.20. The fourth-order valence-electron chi connectivity index (χ4n) is 3.75. The van der Waals surface area contributed by atoms with Crippen molar-refractivity contribution in [2.24, 2.45) is 0 Å². The number of anilines is 1. The lowest BCUT2D eigenvalue weighted by Gasteiger charge is -2.33. The monoisotopic (exact) mass is 492 g/mol. The Labute approximate surface area is 198 Å². The molecule has 0 radical (unpaired) electrons. The van der Waals surface area contributed by atoms with Crippen LogP contribution in [0.4, 0.5) is 18.3 Å². The second kappa shape index (κ2) is 9.59. The van der Waals surface area contributed by atoms with Gasteiger partial charge in [-0.1, -0.05) is 12.1 Å². The summed E-state index contributed by atoms with van der Waals surface area (Å²) in [6.45, 7) is 6.63. The standard InChI is InChI=1S/C23H23F3N4O3S/c1-14-19(11-20(33-14)16-4-3-5-17(10-16)23(24,25)26)21(32)28-22-27-18(13-34-22)12-29-6-8-30(9-7-29)15(2)31/h3-5,10-11,13H,6-9,12H2,1-2H3,(H,27,28,32). The number of furan rings is 1. The molecule has 180 valence electrons. The fraction of sp³-hybridized carbons (Fsp3) is 0.348. The van der Waals surface area contributed by atoms with Crippen LogP contribution in [0.1, 0.15) is 34.3 Å². The van der Waals surface area contributed by atoms with E-state index < -0.39 is 17.6 Å². The van der Waals surface area contributed by atoms with E-state index in [1.165, 1.54) is 29.5 Å². The zero-order valence-electron chi connectivity index (χ0n) is 18.6. The van der Waals surface area contributed by atoms with Crippen LogP contribution >= 0.6 is 11.3 Å². The van der Waals surface area contributed by atoms with Gasteiger partial charge in [0.2, 0.25) is 5.91 Å². The van der Waals surface area contributed by atoms with Gasteiger partial charge in [-0.2, -0.15) is 13.2 Å². The molecule has 1 aromatic carbocycles. The first kappa shape index (κ1) is 24.0. The zero-order chi connectivity index (χ0) is 24.5. The molecular formula is C23H23F3N4O3S. The first-order valence-corrected chi connectivity index (χ1v) is 11.5. The number of aryl methyl sites for hydroxylation is 1. The molecule has 2 aromatic heterocycles. The van der Waals surface area contributed by atoms with Gasteiger partial charge in [0.1, 0.15) is 11.5 Å². The quantitative estimate of drug-likeness (QED) is 0.561. The van der Waals surface area contributed by atoms with E-state index in [0.29, 0.717) is 30.5 Å². The van der Waals surface area contributed by atoms with Gasteiger partial charge in [0.25, 0.3) is 5.91 Å². The summed E-state index contributed by atoms with van der Waals surface area (Å²) < 4.78 is 44.6. The maximum Gasteiger partial charge on any atom is 0.416 e. The Kier molecular flexibility index (Phi) is 6.76. The van der Waals surface area contributed by atoms with Crippen LogP contribution in [0.15, 0.2) is 40.1 Å². The number of benzene rings is 1. The molecule has 0 atom stereocenters. The van der Waals surface area contributed by atoms with Crippen LogP contribution in [0, 0.1) is 6.92 Å². The highest BCUT2D eigenvalue weighted by Gasteiger charge is 2.31. The largest absolute Gasteiger partial charge is 0.461 e. The van der Waals surface area contributed by atoms with Gasteiger partial charge in [-0.15, -0.1) is 11.3 Å². The summed E-state index contributed by atoms with van der Waals surface area (Å²) in [6.07, 6.45) is -4.47. The SMILES string of the molecule is CC(=O)N1CCN(Cc2csc(NC(=O)c3cc(-c4cccc(C(F)(F)F)c4)oc3C)n2)CC1. The van der Waals surface area contributed by atoms with Crippen molar-refractivity contribution in [3.63, 3.8) is 0 Å². The van der Waals surface area contributed by atoms with Gasteiger partial charge >= 0.3 is 6.18 Å². The van der Waals surface area contributed by atoms with Crippen molar-refractivity contribution in [3.05, 3.63) is 58.3 Å². The van der Waals surface area contributed by atoms with E-state index in [1.54, 1.807) is 13.8 Å². The van der Waals surface area contributed by atoms with Gasteiger partial charge in [0.15, 0.2) is 5.13 Å². The molecule has 1 fully saturated rings. The summed E-state index contributed by atoms with van der Waals surface area (Å²) in [4.78, 5) is 32.7. The van der Waals surface area contributed by atoms with E-state index in [4.69, 9.17) is 4.42 Å². The minimum atomic E-state index is -4.47. The number of hydrogen-bond donors (Lipinski definition) is 1. The van der Waals surface area contributed by atoms with Gasteiger partial charge in [0.05, 0.1) is 16.8 Å². The number of rotatable bonds is 5. The normalized spacial score (nSPS) is 14.9. The molecule has 3 aromatic rings. The zero-order valence-corrected chi connectivity index (χ0v) is 19.4. The number of halogens is 3. The number of piperazine rings is 1. The van der Waals surface area contributed by atoms with Crippen LogP contribution in [0.5, 0.6) is 0 Å². The number of amides is 2.